The molecule has 0 radical (unpaired) electrons. The molecule has 0 saturated carbocycles. The number of hydrogen-bond acceptors (Lipinski definition) is 3. The van der Waals surface area contributed by atoms with Crippen LogP contribution in [0.25, 0.3) is 0 Å². The lowest BCUT2D eigenvalue weighted by molar-refractivity contribution is 0.279. The zero-order valence-electron chi connectivity index (χ0n) is 9.85. The van der Waals surface area contributed by atoms with E-state index in [1.807, 2.05) is 18.2 Å². The minimum atomic E-state index is -0.915. The summed E-state index contributed by atoms with van der Waals surface area (Å²) in [4.78, 5) is 0. The molecule has 1 heterocycles. The van der Waals surface area contributed by atoms with Crippen LogP contribution in [-0.2, 0) is 10.9 Å². The van der Waals surface area contributed by atoms with Gasteiger partial charge in [0.15, 0.2) is 0 Å². The van der Waals surface area contributed by atoms with E-state index in [9.17, 15) is 0 Å². The fraction of sp³-hybridized carbons (Fsp3) is 0.500. The van der Waals surface area contributed by atoms with Crippen LogP contribution in [0, 0.1) is 0 Å². The van der Waals surface area contributed by atoms with Gasteiger partial charge in [-0.1, -0.05) is 32.0 Å². The van der Waals surface area contributed by atoms with Crippen molar-refractivity contribution in [2.24, 2.45) is 0 Å². The topological polar surface area (TPSA) is 21.7 Å². The van der Waals surface area contributed by atoms with Gasteiger partial charge in [0.05, 0.1) is 6.61 Å². The third kappa shape index (κ3) is 2.54. The first-order chi connectivity index (χ1) is 7.85. The predicted octanol–water partition coefficient (Wildman–Crippen LogP) is 3.21. The lowest BCUT2D eigenvalue weighted by Crippen LogP contribution is -2.20. The standard InChI is InChI=1S/C12H18NO2P/c1-3-13(4-2)16-14-10-9-11-7-5-6-8-12(11)15-16/h5-8H,3-4,9-10H2,1-2H3. The Labute approximate surface area is 98.3 Å². The Morgan fingerprint density at radius 1 is 1.25 bits per heavy atom. The van der Waals surface area contributed by atoms with Gasteiger partial charge in [-0.3, -0.25) is 0 Å². The minimum absolute atomic E-state index is 0.749. The third-order valence-electron chi connectivity index (χ3n) is 2.68. The van der Waals surface area contributed by atoms with Crippen LogP contribution < -0.4 is 4.52 Å². The molecule has 1 aromatic carbocycles. The molecule has 3 nitrogen and oxygen atoms in total. The van der Waals surface area contributed by atoms with Crippen molar-refractivity contribution in [3.8, 4) is 5.75 Å². The largest absolute Gasteiger partial charge is 0.435 e. The van der Waals surface area contributed by atoms with Crippen molar-refractivity contribution in [2.75, 3.05) is 19.7 Å². The predicted molar refractivity (Wildman–Crippen MR) is 66.6 cm³/mol. The number of hydrogen-bond donors (Lipinski definition) is 0. The summed E-state index contributed by atoms with van der Waals surface area (Å²) in [6, 6.07) is 8.20. The Balaban J connectivity index is 2.16. The van der Waals surface area contributed by atoms with Crippen LogP contribution in [0.4, 0.5) is 0 Å². The summed E-state index contributed by atoms with van der Waals surface area (Å²) < 4.78 is 14.0. The van der Waals surface area contributed by atoms with E-state index in [4.69, 9.17) is 9.05 Å². The molecule has 0 spiro atoms. The molecule has 88 valence electrons. The van der Waals surface area contributed by atoms with Gasteiger partial charge in [-0.15, -0.1) is 0 Å². The van der Waals surface area contributed by atoms with E-state index >= 15 is 0 Å². The van der Waals surface area contributed by atoms with Gasteiger partial charge in [-0.05, 0) is 18.1 Å². The van der Waals surface area contributed by atoms with E-state index in [0.717, 1.165) is 31.9 Å². The van der Waals surface area contributed by atoms with Crippen LogP contribution in [0.1, 0.15) is 19.4 Å². The van der Waals surface area contributed by atoms with Crippen LogP contribution in [0.15, 0.2) is 24.3 Å². The summed E-state index contributed by atoms with van der Waals surface area (Å²) in [5.74, 6) is 0.984. The van der Waals surface area contributed by atoms with Gasteiger partial charge in [0.25, 0.3) is 0 Å². The number of nitrogens with zero attached hydrogens (tertiary/aromatic N) is 1. The Kier molecular flexibility index (Phi) is 4.16. The third-order valence-corrected chi connectivity index (χ3v) is 4.47. The van der Waals surface area contributed by atoms with E-state index in [1.165, 1.54) is 5.56 Å². The molecule has 0 N–H and O–H groups in total. The lowest BCUT2D eigenvalue weighted by atomic mass is 10.1. The molecule has 1 unspecified atom stereocenters. The summed E-state index contributed by atoms with van der Waals surface area (Å²) in [5.41, 5.74) is 1.25. The molecule has 0 aliphatic carbocycles. The van der Waals surface area contributed by atoms with Gasteiger partial charge in [0, 0.05) is 13.1 Å². The van der Waals surface area contributed by atoms with Gasteiger partial charge in [-0.25, -0.2) is 4.67 Å². The normalized spacial score (nSPS) is 20.1. The van der Waals surface area contributed by atoms with Gasteiger partial charge in [0.1, 0.15) is 5.75 Å². The van der Waals surface area contributed by atoms with Gasteiger partial charge < -0.3 is 9.05 Å². The molecule has 0 aromatic heterocycles. The van der Waals surface area contributed by atoms with Gasteiger partial charge >= 0.3 is 8.53 Å². The highest BCUT2D eigenvalue weighted by atomic mass is 31.2. The fourth-order valence-electron chi connectivity index (χ4n) is 1.74. The van der Waals surface area contributed by atoms with E-state index in [1.54, 1.807) is 0 Å². The highest BCUT2D eigenvalue weighted by Gasteiger charge is 2.24. The summed E-state index contributed by atoms with van der Waals surface area (Å²) in [5, 5.41) is 0. The Morgan fingerprint density at radius 2 is 2.00 bits per heavy atom. The second kappa shape index (κ2) is 5.62. The van der Waals surface area contributed by atoms with E-state index in [2.05, 4.69) is 24.6 Å². The minimum Gasteiger partial charge on any atom is -0.435 e. The summed E-state index contributed by atoms with van der Waals surface area (Å²) in [7, 11) is -0.915. The van der Waals surface area contributed by atoms with Crippen molar-refractivity contribution >= 4 is 8.53 Å². The number of rotatable bonds is 3. The van der Waals surface area contributed by atoms with Crippen molar-refractivity contribution in [2.45, 2.75) is 20.3 Å². The maximum Gasteiger partial charge on any atom is 0.321 e. The monoisotopic (exact) mass is 239 g/mol. The molecule has 1 aliphatic rings. The molecule has 1 aliphatic heterocycles. The van der Waals surface area contributed by atoms with Crippen LogP contribution >= 0.6 is 8.53 Å². The fourth-order valence-corrected chi connectivity index (χ4v) is 3.12. The highest BCUT2D eigenvalue weighted by molar-refractivity contribution is 7.45. The molecular weight excluding hydrogens is 221 g/mol. The SMILES string of the molecule is CCN(CC)P1OCCc2ccccc2O1. The van der Waals surface area contributed by atoms with Crippen molar-refractivity contribution in [3.63, 3.8) is 0 Å². The van der Waals surface area contributed by atoms with Crippen LogP contribution in [0.5, 0.6) is 5.75 Å². The Hall–Kier alpha value is -0.630. The Morgan fingerprint density at radius 3 is 2.75 bits per heavy atom. The molecule has 1 aromatic rings. The highest BCUT2D eigenvalue weighted by Crippen LogP contribution is 2.46. The molecule has 4 heteroatoms. The average Bonchev–Trinajstić information content (AvgIpc) is 2.53. The van der Waals surface area contributed by atoms with E-state index in [0.29, 0.717) is 0 Å². The molecule has 0 fully saturated rings. The van der Waals surface area contributed by atoms with Crippen molar-refractivity contribution in [1.82, 2.24) is 4.67 Å². The maximum atomic E-state index is 5.97. The van der Waals surface area contributed by atoms with Crippen molar-refractivity contribution in [3.05, 3.63) is 29.8 Å². The number of benzene rings is 1. The first-order valence-electron chi connectivity index (χ1n) is 5.79. The smallest absolute Gasteiger partial charge is 0.321 e. The molecule has 0 saturated heterocycles. The van der Waals surface area contributed by atoms with Gasteiger partial charge in [0.2, 0.25) is 0 Å². The molecule has 0 bridgehead atoms. The maximum absolute atomic E-state index is 5.97. The van der Waals surface area contributed by atoms with Crippen molar-refractivity contribution in [1.29, 1.82) is 0 Å². The van der Waals surface area contributed by atoms with E-state index in [-0.39, 0.29) is 0 Å². The number of para-hydroxylation sites is 1. The molecule has 16 heavy (non-hydrogen) atoms. The van der Waals surface area contributed by atoms with E-state index < -0.39 is 8.53 Å². The number of fused-ring (bicyclic) bond motifs is 1. The van der Waals surface area contributed by atoms with Crippen LogP contribution in [0.3, 0.4) is 0 Å². The summed E-state index contributed by atoms with van der Waals surface area (Å²) in [6.45, 7) is 6.94. The molecule has 1 atom stereocenters. The van der Waals surface area contributed by atoms with Gasteiger partial charge in [-0.2, -0.15) is 0 Å². The zero-order valence-corrected chi connectivity index (χ0v) is 10.7. The van der Waals surface area contributed by atoms with Crippen LogP contribution in [0.2, 0.25) is 0 Å². The summed E-state index contributed by atoms with van der Waals surface area (Å²) in [6.07, 6.45) is 0.941. The summed E-state index contributed by atoms with van der Waals surface area (Å²) >= 11 is 0. The second-order valence-corrected chi connectivity index (χ2v) is 5.14. The first kappa shape index (κ1) is 11.8. The second-order valence-electron chi connectivity index (χ2n) is 3.66. The molecule has 2 rings (SSSR count). The zero-order chi connectivity index (χ0) is 11.4. The average molecular weight is 239 g/mol. The Bertz CT molecular complexity index is 342. The molecule has 0 amide bonds. The van der Waals surface area contributed by atoms with Crippen molar-refractivity contribution < 1.29 is 9.05 Å². The molecular formula is C12H18NO2P. The van der Waals surface area contributed by atoms with Crippen LogP contribution in [-0.4, -0.2) is 24.4 Å². The lowest BCUT2D eigenvalue weighted by Gasteiger charge is -2.25. The quantitative estimate of drug-likeness (QED) is 0.756. The first-order valence-corrected chi connectivity index (χ1v) is 6.92.